The number of amides is 2. The van der Waals surface area contributed by atoms with E-state index in [9.17, 15) is 14.0 Å². The van der Waals surface area contributed by atoms with Crippen LogP contribution < -0.4 is 10.1 Å². The van der Waals surface area contributed by atoms with Crippen molar-refractivity contribution in [1.82, 2.24) is 10.2 Å². The van der Waals surface area contributed by atoms with Gasteiger partial charge in [-0.05, 0) is 53.8 Å². The summed E-state index contributed by atoms with van der Waals surface area (Å²) in [6, 6.07) is 11.7. The smallest absolute Gasteiger partial charge is 0.261 e. The molecule has 6 heteroatoms. The number of nitrogens with zero attached hydrogens (tertiary/aromatic N) is 1. The quantitative estimate of drug-likeness (QED) is 0.614. The second-order valence-electron chi connectivity index (χ2n) is 9.37. The highest BCUT2D eigenvalue weighted by Crippen LogP contribution is 2.39. The maximum atomic E-state index is 14.2. The number of carbonyl (C=O) groups excluding carboxylic acids is 2. The highest BCUT2D eigenvalue weighted by molar-refractivity contribution is 5.83. The zero-order valence-electron chi connectivity index (χ0n) is 19.9. The number of halogens is 1. The zero-order chi connectivity index (χ0) is 24.2. The summed E-state index contributed by atoms with van der Waals surface area (Å²) in [6.07, 6.45) is 2.17. The van der Waals surface area contributed by atoms with Crippen molar-refractivity contribution in [2.24, 2.45) is 5.41 Å². The predicted molar refractivity (Wildman–Crippen MR) is 127 cm³/mol. The average molecular weight is 453 g/mol. The monoisotopic (exact) mass is 452 g/mol. The van der Waals surface area contributed by atoms with Gasteiger partial charge in [0.1, 0.15) is 11.6 Å². The van der Waals surface area contributed by atoms with Gasteiger partial charge in [0.25, 0.3) is 5.91 Å². The van der Waals surface area contributed by atoms with Crippen LogP contribution in [0.5, 0.6) is 5.75 Å². The first-order chi connectivity index (χ1) is 15.7. The first-order valence-electron chi connectivity index (χ1n) is 11.4. The molecule has 1 aliphatic rings. The fraction of sp³-hybridized carbons (Fsp3) is 0.407. The largest absolute Gasteiger partial charge is 0.481 e. The summed E-state index contributed by atoms with van der Waals surface area (Å²) in [5.74, 6) is -0.00811. The summed E-state index contributed by atoms with van der Waals surface area (Å²) < 4.78 is 20.2. The van der Waals surface area contributed by atoms with Crippen LogP contribution in [0.15, 0.2) is 55.1 Å². The van der Waals surface area contributed by atoms with Crippen LogP contribution in [-0.2, 0) is 16.0 Å². The fourth-order valence-corrected chi connectivity index (χ4v) is 4.13. The Morgan fingerprint density at radius 1 is 1.27 bits per heavy atom. The van der Waals surface area contributed by atoms with Crippen molar-refractivity contribution < 1.29 is 18.7 Å². The van der Waals surface area contributed by atoms with E-state index in [0.717, 1.165) is 11.1 Å². The molecular weight excluding hydrogens is 419 g/mol. The third-order valence-corrected chi connectivity index (χ3v) is 5.77. The number of hydrogen-bond donors (Lipinski definition) is 1. The highest BCUT2D eigenvalue weighted by atomic mass is 19.1. The Balaban J connectivity index is 2.02. The number of carbonyl (C=O) groups is 2. The summed E-state index contributed by atoms with van der Waals surface area (Å²) in [7, 11) is 0. The van der Waals surface area contributed by atoms with Crippen LogP contribution in [0.4, 0.5) is 4.39 Å². The fourth-order valence-electron chi connectivity index (χ4n) is 4.13. The maximum absolute atomic E-state index is 14.2. The zero-order valence-corrected chi connectivity index (χ0v) is 19.9. The minimum atomic E-state index is -0.647. The van der Waals surface area contributed by atoms with E-state index >= 15 is 0 Å². The third kappa shape index (κ3) is 5.62. The van der Waals surface area contributed by atoms with Gasteiger partial charge in [-0.15, -0.1) is 6.58 Å². The van der Waals surface area contributed by atoms with E-state index in [1.165, 1.54) is 12.1 Å². The van der Waals surface area contributed by atoms with Gasteiger partial charge >= 0.3 is 0 Å². The van der Waals surface area contributed by atoms with Gasteiger partial charge in [-0.3, -0.25) is 9.59 Å². The van der Waals surface area contributed by atoms with E-state index < -0.39 is 17.6 Å². The SMILES string of the molecule is C=CCNC(=O)[C@@H](CC)Oc1ccc2c(c1)[C@H](c1cccc(F)c1)N(C(=O)C(C)(C)C)CC2. The molecule has 0 aromatic heterocycles. The van der Waals surface area contributed by atoms with Gasteiger partial charge in [0, 0.05) is 18.5 Å². The van der Waals surface area contributed by atoms with E-state index in [2.05, 4.69) is 11.9 Å². The Morgan fingerprint density at radius 2 is 2.03 bits per heavy atom. The minimum Gasteiger partial charge on any atom is -0.481 e. The van der Waals surface area contributed by atoms with Crippen molar-refractivity contribution in [3.63, 3.8) is 0 Å². The van der Waals surface area contributed by atoms with E-state index in [-0.39, 0.29) is 17.6 Å². The van der Waals surface area contributed by atoms with Crippen molar-refractivity contribution in [2.45, 2.75) is 52.7 Å². The lowest BCUT2D eigenvalue weighted by Crippen LogP contribution is -2.45. The van der Waals surface area contributed by atoms with Gasteiger partial charge in [0.15, 0.2) is 6.10 Å². The van der Waals surface area contributed by atoms with Crippen LogP contribution in [0.3, 0.4) is 0 Å². The second kappa shape index (κ2) is 10.2. The van der Waals surface area contributed by atoms with Gasteiger partial charge in [-0.2, -0.15) is 0 Å². The summed E-state index contributed by atoms with van der Waals surface area (Å²) in [4.78, 5) is 27.6. The molecular formula is C27H33FN2O3. The van der Waals surface area contributed by atoms with Gasteiger partial charge < -0.3 is 15.0 Å². The summed E-state index contributed by atoms with van der Waals surface area (Å²) in [6.45, 7) is 12.1. The molecule has 0 spiro atoms. The van der Waals surface area contributed by atoms with Gasteiger partial charge in [0.05, 0.1) is 6.04 Å². The van der Waals surface area contributed by atoms with Gasteiger partial charge in [0.2, 0.25) is 5.91 Å². The Morgan fingerprint density at radius 3 is 2.67 bits per heavy atom. The molecule has 0 fully saturated rings. The molecule has 1 aliphatic heterocycles. The molecule has 0 saturated heterocycles. The van der Waals surface area contributed by atoms with Gasteiger partial charge in [-0.25, -0.2) is 4.39 Å². The van der Waals surface area contributed by atoms with Crippen LogP contribution >= 0.6 is 0 Å². The first-order valence-corrected chi connectivity index (χ1v) is 11.4. The lowest BCUT2D eigenvalue weighted by atomic mass is 9.85. The topological polar surface area (TPSA) is 58.6 Å². The molecule has 2 aromatic carbocycles. The number of ether oxygens (including phenoxy) is 1. The molecule has 1 heterocycles. The molecule has 0 bridgehead atoms. The lowest BCUT2D eigenvalue weighted by Gasteiger charge is -2.41. The Kier molecular flexibility index (Phi) is 7.57. The minimum absolute atomic E-state index is 0.00368. The van der Waals surface area contributed by atoms with Crippen molar-refractivity contribution >= 4 is 11.8 Å². The predicted octanol–water partition coefficient (Wildman–Crippen LogP) is 4.81. The number of rotatable bonds is 7. The van der Waals surface area contributed by atoms with Crippen molar-refractivity contribution in [3.05, 3.63) is 77.6 Å². The Hall–Kier alpha value is -3.15. The summed E-state index contributed by atoms with van der Waals surface area (Å²) in [5, 5.41) is 2.77. The molecule has 1 N–H and O–H groups in total. The molecule has 2 atom stereocenters. The van der Waals surface area contributed by atoms with Crippen LogP contribution in [0, 0.1) is 11.2 Å². The van der Waals surface area contributed by atoms with Crippen LogP contribution in [-0.4, -0.2) is 35.9 Å². The molecule has 2 amide bonds. The van der Waals surface area contributed by atoms with E-state index in [1.54, 1.807) is 12.1 Å². The summed E-state index contributed by atoms with van der Waals surface area (Å²) >= 11 is 0. The molecule has 0 radical (unpaired) electrons. The lowest BCUT2D eigenvalue weighted by molar-refractivity contribution is -0.141. The molecule has 5 nitrogen and oxygen atoms in total. The van der Waals surface area contributed by atoms with E-state index in [4.69, 9.17) is 4.74 Å². The number of hydrogen-bond acceptors (Lipinski definition) is 3. The van der Waals surface area contributed by atoms with Crippen LogP contribution in [0.2, 0.25) is 0 Å². The van der Waals surface area contributed by atoms with Crippen molar-refractivity contribution in [1.29, 1.82) is 0 Å². The third-order valence-electron chi connectivity index (χ3n) is 5.77. The standard InChI is InChI=1S/C27H33FN2O3/c1-6-14-29-25(31)23(7-2)33-21-12-11-18-13-15-30(26(32)27(3,4)5)24(22(18)17-21)19-9-8-10-20(28)16-19/h6,8-12,16-17,23-24H,1,7,13-15H2,2-5H3,(H,29,31)/t23-,24+/m1/s1. The Labute approximate surface area is 195 Å². The molecule has 33 heavy (non-hydrogen) atoms. The molecule has 176 valence electrons. The van der Waals surface area contributed by atoms with Crippen molar-refractivity contribution in [2.75, 3.05) is 13.1 Å². The highest BCUT2D eigenvalue weighted by Gasteiger charge is 2.37. The molecule has 2 aromatic rings. The first kappa shape index (κ1) is 24.5. The van der Waals surface area contributed by atoms with Crippen LogP contribution in [0.1, 0.15) is 56.8 Å². The maximum Gasteiger partial charge on any atom is 0.261 e. The molecule has 0 saturated carbocycles. The van der Waals surface area contributed by atoms with Crippen molar-refractivity contribution in [3.8, 4) is 5.75 Å². The van der Waals surface area contributed by atoms with Crippen LogP contribution in [0.25, 0.3) is 0 Å². The molecule has 3 rings (SSSR count). The summed E-state index contributed by atoms with van der Waals surface area (Å²) in [5.41, 5.74) is 2.11. The second-order valence-corrected chi connectivity index (χ2v) is 9.37. The number of nitrogens with one attached hydrogen (secondary N) is 1. The number of benzene rings is 2. The normalized spacial score (nSPS) is 16.5. The van der Waals surface area contributed by atoms with E-state index in [1.807, 2.05) is 56.9 Å². The Bertz CT molecular complexity index is 1030. The average Bonchev–Trinajstić information content (AvgIpc) is 2.78. The number of fused-ring (bicyclic) bond motifs is 1. The molecule has 0 aliphatic carbocycles. The van der Waals surface area contributed by atoms with E-state index in [0.29, 0.717) is 37.2 Å². The van der Waals surface area contributed by atoms with Gasteiger partial charge in [-0.1, -0.05) is 52.0 Å². The molecule has 0 unspecified atom stereocenters.